The molecule has 0 spiro atoms. The molecule has 1 rings (SSSR count). The Labute approximate surface area is 107 Å². The molecule has 94 valence electrons. The zero-order valence-corrected chi connectivity index (χ0v) is 11.2. The van der Waals surface area contributed by atoms with E-state index in [9.17, 15) is 4.79 Å². The first-order valence-corrected chi connectivity index (χ1v) is 5.96. The lowest BCUT2D eigenvalue weighted by molar-refractivity contribution is -0.154. The van der Waals surface area contributed by atoms with Crippen molar-refractivity contribution in [2.24, 2.45) is 0 Å². The van der Waals surface area contributed by atoms with Crippen molar-refractivity contribution < 1.29 is 9.53 Å². The summed E-state index contributed by atoms with van der Waals surface area (Å²) in [5, 5.41) is 3.83. The first kappa shape index (κ1) is 13.8. The van der Waals surface area contributed by atoms with E-state index in [1.165, 1.54) is 0 Å². The van der Waals surface area contributed by atoms with Crippen LogP contribution in [0.2, 0.25) is 5.02 Å². The fourth-order valence-electron chi connectivity index (χ4n) is 1.27. The molecule has 0 radical (unpaired) electrons. The van der Waals surface area contributed by atoms with Gasteiger partial charge in [0.15, 0.2) is 0 Å². The van der Waals surface area contributed by atoms with Gasteiger partial charge in [-0.25, -0.2) is 0 Å². The number of ether oxygens (including phenoxy) is 1. The maximum Gasteiger partial charge on any atom is 0.308 e. The monoisotopic (exact) mass is 255 g/mol. The zero-order valence-electron chi connectivity index (χ0n) is 10.4. The largest absolute Gasteiger partial charge is 0.460 e. The van der Waals surface area contributed by atoms with Crippen molar-refractivity contribution in [3.8, 4) is 0 Å². The second-order valence-electron chi connectivity index (χ2n) is 4.77. The summed E-state index contributed by atoms with van der Waals surface area (Å²) >= 11 is 5.77. The van der Waals surface area contributed by atoms with Gasteiger partial charge in [0.05, 0.1) is 6.42 Å². The SMILES string of the molecule is CC(C)(C)OC(=O)CCNc1ccc(Cl)cc1. The van der Waals surface area contributed by atoms with E-state index in [1.807, 2.05) is 32.9 Å². The molecule has 0 bridgehead atoms. The van der Waals surface area contributed by atoms with E-state index >= 15 is 0 Å². The van der Waals surface area contributed by atoms with Crippen LogP contribution in [0.3, 0.4) is 0 Å². The van der Waals surface area contributed by atoms with Gasteiger partial charge >= 0.3 is 5.97 Å². The zero-order chi connectivity index (χ0) is 12.9. The van der Waals surface area contributed by atoms with Crippen molar-refractivity contribution in [1.29, 1.82) is 0 Å². The van der Waals surface area contributed by atoms with Crippen LogP contribution in [0.4, 0.5) is 5.69 Å². The van der Waals surface area contributed by atoms with Crippen LogP contribution in [-0.4, -0.2) is 18.1 Å². The molecule has 1 N–H and O–H groups in total. The molecule has 0 aliphatic rings. The number of anilines is 1. The van der Waals surface area contributed by atoms with Crippen LogP contribution in [0.1, 0.15) is 27.2 Å². The molecule has 1 aromatic carbocycles. The quantitative estimate of drug-likeness (QED) is 0.837. The Morgan fingerprint density at radius 3 is 2.41 bits per heavy atom. The molecule has 0 amide bonds. The number of carbonyl (C=O) groups is 1. The molecule has 0 saturated carbocycles. The molecular formula is C13H18ClNO2. The molecule has 0 unspecified atom stereocenters. The molecule has 0 saturated heterocycles. The maximum absolute atomic E-state index is 11.4. The van der Waals surface area contributed by atoms with Crippen LogP contribution >= 0.6 is 11.6 Å². The molecule has 3 nitrogen and oxygen atoms in total. The van der Waals surface area contributed by atoms with E-state index in [1.54, 1.807) is 12.1 Å². The van der Waals surface area contributed by atoms with Gasteiger partial charge in [0.2, 0.25) is 0 Å². The maximum atomic E-state index is 11.4. The standard InChI is InChI=1S/C13H18ClNO2/c1-13(2,3)17-12(16)8-9-15-11-6-4-10(14)5-7-11/h4-7,15H,8-9H2,1-3H3. The number of esters is 1. The molecule has 1 aromatic rings. The third-order valence-corrected chi connectivity index (χ3v) is 2.17. The van der Waals surface area contributed by atoms with E-state index in [-0.39, 0.29) is 5.97 Å². The highest BCUT2D eigenvalue weighted by Gasteiger charge is 2.15. The first-order chi connectivity index (χ1) is 7.87. The lowest BCUT2D eigenvalue weighted by atomic mass is 10.2. The summed E-state index contributed by atoms with van der Waals surface area (Å²) in [6, 6.07) is 7.35. The normalized spacial score (nSPS) is 11.1. The van der Waals surface area contributed by atoms with Gasteiger partial charge in [-0.1, -0.05) is 11.6 Å². The number of benzene rings is 1. The number of hydrogen-bond acceptors (Lipinski definition) is 3. The van der Waals surface area contributed by atoms with Crippen LogP contribution in [-0.2, 0) is 9.53 Å². The second-order valence-corrected chi connectivity index (χ2v) is 5.21. The summed E-state index contributed by atoms with van der Waals surface area (Å²) in [4.78, 5) is 11.4. The minimum absolute atomic E-state index is 0.195. The van der Waals surface area contributed by atoms with Crippen molar-refractivity contribution in [2.45, 2.75) is 32.8 Å². The Kier molecular flexibility index (Phi) is 4.82. The number of hydrogen-bond donors (Lipinski definition) is 1. The van der Waals surface area contributed by atoms with E-state index in [2.05, 4.69) is 5.32 Å². The van der Waals surface area contributed by atoms with Crippen molar-refractivity contribution in [1.82, 2.24) is 0 Å². The van der Waals surface area contributed by atoms with E-state index in [4.69, 9.17) is 16.3 Å². The summed E-state index contributed by atoms with van der Waals surface area (Å²) in [6.45, 7) is 6.13. The Bertz CT molecular complexity index is 368. The fourth-order valence-corrected chi connectivity index (χ4v) is 1.40. The summed E-state index contributed by atoms with van der Waals surface area (Å²) in [7, 11) is 0. The molecule has 17 heavy (non-hydrogen) atoms. The summed E-state index contributed by atoms with van der Waals surface area (Å²) in [5.74, 6) is -0.195. The van der Waals surface area contributed by atoms with Crippen LogP contribution in [0.15, 0.2) is 24.3 Å². The smallest absolute Gasteiger partial charge is 0.308 e. The second kappa shape index (κ2) is 5.92. The van der Waals surface area contributed by atoms with Crippen molar-refractivity contribution >= 4 is 23.3 Å². The first-order valence-electron chi connectivity index (χ1n) is 5.58. The Morgan fingerprint density at radius 1 is 1.29 bits per heavy atom. The molecule has 0 aromatic heterocycles. The third-order valence-electron chi connectivity index (χ3n) is 1.92. The minimum atomic E-state index is -0.419. The Hall–Kier alpha value is -1.22. The molecule has 0 aliphatic heterocycles. The van der Waals surface area contributed by atoms with Crippen molar-refractivity contribution in [3.63, 3.8) is 0 Å². The van der Waals surface area contributed by atoms with Crippen LogP contribution in [0.5, 0.6) is 0 Å². The molecular weight excluding hydrogens is 238 g/mol. The highest BCUT2D eigenvalue weighted by Crippen LogP contribution is 2.13. The van der Waals surface area contributed by atoms with Gasteiger partial charge in [-0.05, 0) is 45.0 Å². The predicted octanol–water partition coefficient (Wildman–Crippen LogP) is 3.48. The number of rotatable bonds is 4. The summed E-state index contributed by atoms with van der Waals surface area (Å²) < 4.78 is 5.19. The Balaban J connectivity index is 2.28. The summed E-state index contributed by atoms with van der Waals surface area (Å²) in [5.41, 5.74) is 0.523. The van der Waals surface area contributed by atoms with Crippen LogP contribution in [0.25, 0.3) is 0 Å². The lowest BCUT2D eigenvalue weighted by Gasteiger charge is -2.19. The highest BCUT2D eigenvalue weighted by atomic mass is 35.5. The Morgan fingerprint density at radius 2 is 1.88 bits per heavy atom. The average Bonchev–Trinajstić information content (AvgIpc) is 2.18. The number of carbonyl (C=O) groups excluding carboxylic acids is 1. The van der Waals surface area contributed by atoms with Gasteiger partial charge in [0.1, 0.15) is 5.60 Å². The van der Waals surface area contributed by atoms with E-state index in [0.29, 0.717) is 18.0 Å². The van der Waals surface area contributed by atoms with Gasteiger partial charge in [0.25, 0.3) is 0 Å². The van der Waals surface area contributed by atoms with Crippen LogP contribution in [0, 0.1) is 0 Å². The summed E-state index contributed by atoms with van der Waals surface area (Å²) in [6.07, 6.45) is 0.347. The molecule has 0 heterocycles. The van der Waals surface area contributed by atoms with Gasteiger partial charge in [-0.2, -0.15) is 0 Å². The van der Waals surface area contributed by atoms with Crippen LogP contribution < -0.4 is 5.32 Å². The molecule has 0 atom stereocenters. The van der Waals surface area contributed by atoms with Gasteiger partial charge in [0, 0.05) is 17.3 Å². The number of halogens is 1. The highest BCUT2D eigenvalue weighted by molar-refractivity contribution is 6.30. The van der Waals surface area contributed by atoms with Gasteiger partial charge in [-0.15, -0.1) is 0 Å². The topological polar surface area (TPSA) is 38.3 Å². The van der Waals surface area contributed by atoms with Crippen molar-refractivity contribution in [2.75, 3.05) is 11.9 Å². The molecule has 0 aliphatic carbocycles. The van der Waals surface area contributed by atoms with Gasteiger partial charge in [-0.3, -0.25) is 4.79 Å². The third kappa shape index (κ3) is 6.17. The van der Waals surface area contributed by atoms with E-state index < -0.39 is 5.60 Å². The average molecular weight is 256 g/mol. The fraction of sp³-hybridized carbons (Fsp3) is 0.462. The number of nitrogens with one attached hydrogen (secondary N) is 1. The lowest BCUT2D eigenvalue weighted by Crippen LogP contribution is -2.25. The minimum Gasteiger partial charge on any atom is -0.460 e. The molecule has 0 fully saturated rings. The van der Waals surface area contributed by atoms with Gasteiger partial charge < -0.3 is 10.1 Å². The molecule has 4 heteroatoms. The van der Waals surface area contributed by atoms with E-state index in [0.717, 1.165) is 5.69 Å². The van der Waals surface area contributed by atoms with Crippen molar-refractivity contribution in [3.05, 3.63) is 29.3 Å². The predicted molar refractivity (Wildman–Crippen MR) is 70.4 cm³/mol.